The average molecular weight is 275 g/mol. The topological polar surface area (TPSA) is 68.1 Å². The average Bonchev–Trinajstić information content (AvgIpc) is 2.41. The molecule has 0 atom stereocenters. The molecule has 0 aliphatic rings. The van der Waals surface area contributed by atoms with Crippen LogP contribution in [0, 0.1) is 17.0 Å². The van der Waals surface area contributed by atoms with Crippen molar-refractivity contribution < 1.29 is 4.92 Å². The number of aryl methyl sites for hydroxylation is 1. The van der Waals surface area contributed by atoms with Crippen LogP contribution < -0.4 is 5.32 Å². The lowest BCUT2D eigenvalue weighted by Gasteiger charge is -2.05. The highest BCUT2D eigenvalue weighted by atomic mass is 32.2. The number of benzene rings is 1. The lowest BCUT2D eigenvalue weighted by Crippen LogP contribution is -1.97. The van der Waals surface area contributed by atoms with Crippen molar-refractivity contribution in [1.82, 2.24) is 4.98 Å². The first-order valence-corrected chi connectivity index (χ1v) is 6.49. The fourth-order valence-corrected chi connectivity index (χ4v) is 2.39. The molecule has 0 aliphatic heterocycles. The van der Waals surface area contributed by atoms with E-state index in [9.17, 15) is 10.1 Å². The third-order valence-corrected chi connectivity index (χ3v) is 3.53. The summed E-state index contributed by atoms with van der Waals surface area (Å²) in [4.78, 5) is 15.7. The number of nitro groups is 1. The van der Waals surface area contributed by atoms with Crippen LogP contribution in [-0.2, 0) is 0 Å². The van der Waals surface area contributed by atoms with Crippen LogP contribution in [0.1, 0.15) is 5.56 Å². The van der Waals surface area contributed by atoms with Crippen LogP contribution in [0.25, 0.3) is 0 Å². The van der Waals surface area contributed by atoms with E-state index in [4.69, 9.17) is 0 Å². The molecule has 2 rings (SSSR count). The van der Waals surface area contributed by atoms with Gasteiger partial charge in [-0.15, -0.1) is 0 Å². The first kappa shape index (κ1) is 13.4. The maximum atomic E-state index is 11.0. The number of pyridine rings is 1. The summed E-state index contributed by atoms with van der Waals surface area (Å²) in [6, 6.07) is 10.9. The van der Waals surface area contributed by atoms with Crippen LogP contribution in [0.15, 0.2) is 46.3 Å². The van der Waals surface area contributed by atoms with E-state index in [1.54, 1.807) is 13.1 Å². The van der Waals surface area contributed by atoms with E-state index in [0.29, 0.717) is 10.8 Å². The van der Waals surface area contributed by atoms with E-state index in [0.717, 1.165) is 10.5 Å². The molecule has 1 heterocycles. The lowest BCUT2D eigenvalue weighted by atomic mass is 10.2. The summed E-state index contributed by atoms with van der Waals surface area (Å²) in [5.41, 5.74) is 1.17. The van der Waals surface area contributed by atoms with E-state index in [-0.39, 0.29) is 5.69 Å². The standard InChI is InChI=1S/C13H13N3O2S/c1-9-3-5-10(6-4-9)19-13-11(16(17)18)7-8-12(14-2)15-13/h3-8H,1-2H3,(H,14,15). The van der Waals surface area contributed by atoms with Crippen molar-refractivity contribution in [2.45, 2.75) is 16.8 Å². The second-order valence-electron chi connectivity index (χ2n) is 3.94. The van der Waals surface area contributed by atoms with Crippen LogP contribution in [-0.4, -0.2) is 17.0 Å². The summed E-state index contributed by atoms with van der Waals surface area (Å²) in [5.74, 6) is 0.611. The highest BCUT2D eigenvalue weighted by molar-refractivity contribution is 7.99. The number of nitrogens with one attached hydrogen (secondary N) is 1. The van der Waals surface area contributed by atoms with Crippen LogP contribution in [0.3, 0.4) is 0 Å². The Labute approximate surface area is 115 Å². The SMILES string of the molecule is CNc1ccc([N+](=O)[O-])c(Sc2ccc(C)cc2)n1. The van der Waals surface area contributed by atoms with Crippen molar-refractivity contribution in [1.29, 1.82) is 0 Å². The molecule has 98 valence electrons. The zero-order chi connectivity index (χ0) is 13.8. The number of rotatable bonds is 4. The van der Waals surface area contributed by atoms with Crippen molar-refractivity contribution >= 4 is 23.3 Å². The quantitative estimate of drug-likeness (QED) is 0.683. The summed E-state index contributed by atoms with van der Waals surface area (Å²) in [7, 11) is 1.73. The molecule has 0 unspecified atom stereocenters. The van der Waals surface area contributed by atoms with Gasteiger partial charge in [-0.1, -0.05) is 29.5 Å². The molecule has 2 aromatic rings. The van der Waals surface area contributed by atoms with Crippen LogP contribution in [0.5, 0.6) is 0 Å². The Hall–Kier alpha value is -2.08. The van der Waals surface area contributed by atoms with Gasteiger partial charge in [0.1, 0.15) is 5.82 Å². The van der Waals surface area contributed by atoms with Gasteiger partial charge in [-0.25, -0.2) is 4.98 Å². The molecule has 0 saturated carbocycles. The largest absolute Gasteiger partial charge is 0.373 e. The van der Waals surface area contributed by atoms with Crippen molar-refractivity contribution in [3.8, 4) is 0 Å². The molecule has 19 heavy (non-hydrogen) atoms. The van der Waals surface area contributed by atoms with Gasteiger partial charge in [0.05, 0.1) is 4.92 Å². The zero-order valence-corrected chi connectivity index (χ0v) is 11.4. The smallest absolute Gasteiger partial charge is 0.301 e. The summed E-state index contributed by atoms with van der Waals surface area (Å²) in [6.45, 7) is 2.00. The molecule has 6 heteroatoms. The monoisotopic (exact) mass is 275 g/mol. The third kappa shape index (κ3) is 3.23. The second-order valence-corrected chi connectivity index (χ2v) is 5.01. The number of aromatic nitrogens is 1. The summed E-state index contributed by atoms with van der Waals surface area (Å²) in [6.07, 6.45) is 0. The van der Waals surface area contributed by atoms with E-state index in [1.165, 1.54) is 17.8 Å². The minimum atomic E-state index is -0.414. The summed E-state index contributed by atoms with van der Waals surface area (Å²) < 4.78 is 0. The molecule has 1 aromatic heterocycles. The predicted octanol–water partition coefficient (Wildman–Crippen LogP) is 3.49. The fourth-order valence-electron chi connectivity index (χ4n) is 1.50. The molecule has 0 amide bonds. The molecule has 0 radical (unpaired) electrons. The Kier molecular flexibility index (Phi) is 4.01. The normalized spacial score (nSPS) is 10.2. The first-order chi connectivity index (χ1) is 9.10. The van der Waals surface area contributed by atoms with Gasteiger partial charge in [0.25, 0.3) is 0 Å². The van der Waals surface area contributed by atoms with Gasteiger partial charge in [-0.2, -0.15) is 0 Å². The fraction of sp³-hybridized carbons (Fsp3) is 0.154. The molecule has 5 nitrogen and oxygen atoms in total. The summed E-state index contributed by atoms with van der Waals surface area (Å²) in [5, 5.41) is 14.3. The minimum Gasteiger partial charge on any atom is -0.373 e. The van der Waals surface area contributed by atoms with E-state index >= 15 is 0 Å². The Balaban J connectivity index is 2.36. The first-order valence-electron chi connectivity index (χ1n) is 5.68. The number of hydrogen-bond donors (Lipinski definition) is 1. The maximum Gasteiger partial charge on any atom is 0.301 e. The predicted molar refractivity (Wildman–Crippen MR) is 75.7 cm³/mol. The third-order valence-electron chi connectivity index (χ3n) is 2.53. The van der Waals surface area contributed by atoms with Gasteiger partial charge in [-0.3, -0.25) is 10.1 Å². The molecule has 0 saturated heterocycles. The lowest BCUT2D eigenvalue weighted by molar-refractivity contribution is -0.388. The van der Waals surface area contributed by atoms with Gasteiger partial charge in [0, 0.05) is 18.0 Å². The summed E-state index contributed by atoms with van der Waals surface area (Å²) >= 11 is 1.29. The molecule has 1 N–H and O–H groups in total. The Bertz CT molecular complexity index is 599. The van der Waals surface area contributed by atoms with Gasteiger partial charge in [0.2, 0.25) is 0 Å². The Morgan fingerprint density at radius 1 is 1.21 bits per heavy atom. The molecule has 0 bridgehead atoms. The molecule has 0 spiro atoms. The molecular weight excluding hydrogens is 262 g/mol. The highest BCUT2D eigenvalue weighted by Crippen LogP contribution is 2.34. The molecular formula is C13H13N3O2S. The molecule has 0 aliphatic carbocycles. The Morgan fingerprint density at radius 3 is 2.47 bits per heavy atom. The van der Waals surface area contributed by atoms with Crippen LogP contribution >= 0.6 is 11.8 Å². The number of nitrogens with zero attached hydrogens (tertiary/aromatic N) is 2. The van der Waals surface area contributed by atoms with Crippen molar-refractivity contribution in [2.24, 2.45) is 0 Å². The molecule has 0 fully saturated rings. The minimum absolute atomic E-state index is 0.0181. The second kappa shape index (κ2) is 5.71. The number of anilines is 1. The van der Waals surface area contributed by atoms with Gasteiger partial charge < -0.3 is 5.32 Å². The Morgan fingerprint density at radius 2 is 1.89 bits per heavy atom. The van der Waals surface area contributed by atoms with E-state index in [2.05, 4.69) is 10.3 Å². The van der Waals surface area contributed by atoms with Gasteiger partial charge in [-0.05, 0) is 25.1 Å². The van der Waals surface area contributed by atoms with E-state index < -0.39 is 4.92 Å². The van der Waals surface area contributed by atoms with Crippen molar-refractivity contribution in [2.75, 3.05) is 12.4 Å². The zero-order valence-electron chi connectivity index (χ0n) is 10.6. The maximum absolute atomic E-state index is 11.0. The molecule has 1 aromatic carbocycles. The van der Waals surface area contributed by atoms with Crippen molar-refractivity contribution in [3.05, 3.63) is 52.1 Å². The van der Waals surface area contributed by atoms with Crippen molar-refractivity contribution in [3.63, 3.8) is 0 Å². The van der Waals surface area contributed by atoms with E-state index in [1.807, 2.05) is 31.2 Å². The van der Waals surface area contributed by atoms with Crippen LogP contribution in [0.4, 0.5) is 11.5 Å². The number of hydrogen-bond acceptors (Lipinski definition) is 5. The van der Waals surface area contributed by atoms with Crippen LogP contribution in [0.2, 0.25) is 0 Å². The van der Waals surface area contributed by atoms with Gasteiger partial charge >= 0.3 is 5.69 Å². The van der Waals surface area contributed by atoms with Gasteiger partial charge in [0.15, 0.2) is 5.03 Å². The highest BCUT2D eigenvalue weighted by Gasteiger charge is 2.17.